The van der Waals surface area contributed by atoms with E-state index >= 15 is 0 Å². The standard InChI is InChI=1S/C16H23N3O2/c1-3-4-15(20)17-14-7-5-13(6-8-14)16(21)19-11-9-18(2)10-12-19/h5-8H,3-4,9-12H2,1-2H3,(H,17,20). The van der Waals surface area contributed by atoms with Crippen molar-refractivity contribution < 1.29 is 9.59 Å². The molecule has 1 fully saturated rings. The molecule has 2 rings (SSSR count). The number of nitrogens with one attached hydrogen (secondary N) is 1. The largest absolute Gasteiger partial charge is 0.336 e. The molecule has 1 N–H and O–H groups in total. The van der Waals surface area contributed by atoms with Gasteiger partial charge in [0.25, 0.3) is 5.91 Å². The Bertz CT molecular complexity index is 491. The molecule has 0 bridgehead atoms. The third-order valence-corrected chi connectivity index (χ3v) is 3.68. The van der Waals surface area contributed by atoms with E-state index in [1.165, 1.54) is 0 Å². The smallest absolute Gasteiger partial charge is 0.253 e. The molecule has 0 radical (unpaired) electrons. The zero-order valence-corrected chi connectivity index (χ0v) is 12.8. The maximum Gasteiger partial charge on any atom is 0.253 e. The second-order valence-corrected chi connectivity index (χ2v) is 5.47. The number of amides is 2. The fourth-order valence-corrected chi connectivity index (χ4v) is 2.34. The van der Waals surface area contributed by atoms with Crippen LogP contribution in [0.4, 0.5) is 5.69 Å². The quantitative estimate of drug-likeness (QED) is 0.920. The zero-order valence-electron chi connectivity index (χ0n) is 12.8. The molecule has 1 saturated heterocycles. The topological polar surface area (TPSA) is 52.7 Å². The molecule has 1 aliphatic rings. The highest BCUT2D eigenvalue weighted by Crippen LogP contribution is 2.13. The van der Waals surface area contributed by atoms with E-state index in [0.29, 0.717) is 12.0 Å². The van der Waals surface area contributed by atoms with E-state index < -0.39 is 0 Å². The van der Waals surface area contributed by atoms with E-state index in [1.54, 1.807) is 24.3 Å². The van der Waals surface area contributed by atoms with Crippen LogP contribution in [0.25, 0.3) is 0 Å². The first-order chi connectivity index (χ1) is 10.1. The van der Waals surface area contributed by atoms with Crippen LogP contribution >= 0.6 is 0 Å². The molecule has 21 heavy (non-hydrogen) atoms. The molecule has 5 nitrogen and oxygen atoms in total. The number of carbonyl (C=O) groups is 2. The van der Waals surface area contributed by atoms with Gasteiger partial charge in [-0.25, -0.2) is 0 Å². The lowest BCUT2D eigenvalue weighted by molar-refractivity contribution is -0.116. The number of benzene rings is 1. The normalized spacial score (nSPS) is 15.8. The van der Waals surface area contributed by atoms with Crippen LogP contribution in [0, 0.1) is 0 Å². The Kier molecular flexibility index (Phi) is 5.33. The van der Waals surface area contributed by atoms with E-state index in [1.807, 2.05) is 11.8 Å². The van der Waals surface area contributed by atoms with Gasteiger partial charge in [0, 0.05) is 43.9 Å². The molecule has 2 amide bonds. The summed E-state index contributed by atoms with van der Waals surface area (Å²) in [6.07, 6.45) is 1.34. The minimum Gasteiger partial charge on any atom is -0.336 e. The number of likely N-dealkylation sites (N-methyl/N-ethyl adjacent to an activating group) is 1. The molecule has 1 aromatic rings. The molecule has 5 heteroatoms. The van der Waals surface area contributed by atoms with Crippen molar-refractivity contribution in [3.8, 4) is 0 Å². The van der Waals surface area contributed by atoms with Crippen molar-refractivity contribution in [2.24, 2.45) is 0 Å². The summed E-state index contributed by atoms with van der Waals surface area (Å²) in [5.41, 5.74) is 1.41. The molecule has 1 aromatic carbocycles. The molecule has 0 spiro atoms. The van der Waals surface area contributed by atoms with Crippen molar-refractivity contribution in [2.75, 3.05) is 38.5 Å². The first kappa shape index (κ1) is 15.5. The van der Waals surface area contributed by atoms with Gasteiger partial charge in [-0.1, -0.05) is 6.92 Å². The summed E-state index contributed by atoms with van der Waals surface area (Å²) in [4.78, 5) is 28.0. The number of nitrogens with zero attached hydrogens (tertiary/aromatic N) is 2. The maximum absolute atomic E-state index is 12.4. The lowest BCUT2D eigenvalue weighted by atomic mass is 10.1. The molecule has 0 aliphatic carbocycles. The van der Waals surface area contributed by atoms with Gasteiger partial charge in [-0.05, 0) is 37.7 Å². The van der Waals surface area contributed by atoms with Crippen LogP contribution in [0.3, 0.4) is 0 Å². The van der Waals surface area contributed by atoms with E-state index in [0.717, 1.165) is 38.3 Å². The monoisotopic (exact) mass is 289 g/mol. The summed E-state index contributed by atoms with van der Waals surface area (Å²) in [5.74, 6) is 0.0742. The van der Waals surface area contributed by atoms with Crippen molar-refractivity contribution >= 4 is 17.5 Å². The van der Waals surface area contributed by atoms with Gasteiger partial charge in [0.1, 0.15) is 0 Å². The number of hydrogen-bond donors (Lipinski definition) is 1. The molecule has 0 aromatic heterocycles. The van der Waals surface area contributed by atoms with Crippen LogP contribution in [0.5, 0.6) is 0 Å². The van der Waals surface area contributed by atoms with Crippen molar-refractivity contribution in [1.82, 2.24) is 9.80 Å². The van der Waals surface area contributed by atoms with Crippen LogP contribution in [0.1, 0.15) is 30.1 Å². The molecule has 0 unspecified atom stereocenters. The van der Waals surface area contributed by atoms with E-state index in [-0.39, 0.29) is 11.8 Å². The predicted molar refractivity (Wildman–Crippen MR) is 83.4 cm³/mol. The summed E-state index contributed by atoms with van der Waals surface area (Å²) in [6, 6.07) is 7.14. The van der Waals surface area contributed by atoms with Crippen molar-refractivity contribution in [1.29, 1.82) is 0 Å². The predicted octanol–water partition coefficient (Wildman–Crippen LogP) is 1.81. The number of anilines is 1. The van der Waals surface area contributed by atoms with E-state index in [4.69, 9.17) is 0 Å². The van der Waals surface area contributed by atoms with E-state index in [2.05, 4.69) is 17.3 Å². The SMILES string of the molecule is CCCC(=O)Nc1ccc(C(=O)N2CCN(C)CC2)cc1. The summed E-state index contributed by atoms with van der Waals surface area (Å²) >= 11 is 0. The number of rotatable bonds is 4. The second kappa shape index (κ2) is 7.22. The molecule has 0 saturated carbocycles. The van der Waals surface area contributed by atoms with Gasteiger partial charge in [-0.3, -0.25) is 9.59 Å². The van der Waals surface area contributed by atoms with Gasteiger partial charge in [0.05, 0.1) is 0 Å². The number of carbonyl (C=O) groups excluding carboxylic acids is 2. The first-order valence-corrected chi connectivity index (χ1v) is 7.48. The number of piperazine rings is 1. The minimum atomic E-state index is 0.00986. The molecule has 114 valence electrons. The fourth-order valence-electron chi connectivity index (χ4n) is 2.34. The Morgan fingerprint density at radius 3 is 2.29 bits per heavy atom. The lowest BCUT2D eigenvalue weighted by Gasteiger charge is -2.32. The molecule has 1 aliphatic heterocycles. The van der Waals surface area contributed by atoms with Gasteiger partial charge in [-0.15, -0.1) is 0 Å². The number of hydrogen-bond acceptors (Lipinski definition) is 3. The summed E-state index contributed by atoms with van der Waals surface area (Å²) in [5, 5.41) is 2.82. The average molecular weight is 289 g/mol. The third kappa shape index (κ3) is 4.29. The third-order valence-electron chi connectivity index (χ3n) is 3.68. The van der Waals surface area contributed by atoms with E-state index in [9.17, 15) is 9.59 Å². The van der Waals surface area contributed by atoms with Crippen molar-refractivity contribution in [3.63, 3.8) is 0 Å². The van der Waals surface area contributed by atoms with Gasteiger partial charge in [-0.2, -0.15) is 0 Å². The lowest BCUT2D eigenvalue weighted by Crippen LogP contribution is -2.47. The Labute approximate surface area is 125 Å². The van der Waals surface area contributed by atoms with Crippen LogP contribution < -0.4 is 5.32 Å². The summed E-state index contributed by atoms with van der Waals surface area (Å²) < 4.78 is 0. The Hall–Kier alpha value is -1.88. The molecular weight excluding hydrogens is 266 g/mol. The van der Waals surface area contributed by atoms with Crippen LogP contribution in [0.15, 0.2) is 24.3 Å². The average Bonchev–Trinajstić information content (AvgIpc) is 2.48. The minimum absolute atomic E-state index is 0.00986. The summed E-state index contributed by atoms with van der Waals surface area (Å²) in [7, 11) is 2.07. The van der Waals surface area contributed by atoms with Crippen LogP contribution in [0.2, 0.25) is 0 Å². The highest BCUT2D eigenvalue weighted by molar-refractivity contribution is 5.95. The van der Waals surface area contributed by atoms with Crippen LogP contribution in [-0.4, -0.2) is 54.8 Å². The van der Waals surface area contributed by atoms with Crippen molar-refractivity contribution in [2.45, 2.75) is 19.8 Å². The van der Waals surface area contributed by atoms with Gasteiger partial charge in [0.2, 0.25) is 5.91 Å². The van der Waals surface area contributed by atoms with Crippen molar-refractivity contribution in [3.05, 3.63) is 29.8 Å². The maximum atomic E-state index is 12.4. The van der Waals surface area contributed by atoms with Gasteiger partial charge < -0.3 is 15.1 Å². The highest BCUT2D eigenvalue weighted by Gasteiger charge is 2.20. The first-order valence-electron chi connectivity index (χ1n) is 7.48. The van der Waals surface area contributed by atoms with Crippen LogP contribution in [-0.2, 0) is 4.79 Å². The highest BCUT2D eigenvalue weighted by atomic mass is 16.2. The van der Waals surface area contributed by atoms with Gasteiger partial charge >= 0.3 is 0 Å². The molecular formula is C16H23N3O2. The molecule has 0 atom stereocenters. The Morgan fingerprint density at radius 2 is 1.71 bits per heavy atom. The zero-order chi connectivity index (χ0) is 15.2. The Morgan fingerprint density at radius 1 is 1.10 bits per heavy atom. The fraction of sp³-hybridized carbons (Fsp3) is 0.500. The Balaban J connectivity index is 1.95. The van der Waals surface area contributed by atoms with Gasteiger partial charge in [0.15, 0.2) is 0 Å². The molecule has 1 heterocycles. The second-order valence-electron chi connectivity index (χ2n) is 5.47. The summed E-state index contributed by atoms with van der Waals surface area (Å²) in [6.45, 7) is 5.33.